The van der Waals surface area contributed by atoms with Crippen molar-refractivity contribution in [2.75, 3.05) is 6.61 Å². The number of aromatic nitrogens is 1. The molecule has 1 rings (SSSR count). The van der Waals surface area contributed by atoms with Gasteiger partial charge in [0.25, 0.3) is 0 Å². The van der Waals surface area contributed by atoms with Crippen LogP contribution in [0.15, 0.2) is 18.3 Å². The van der Waals surface area contributed by atoms with E-state index in [0.29, 0.717) is 6.42 Å². The molecule has 0 spiro atoms. The van der Waals surface area contributed by atoms with Crippen molar-refractivity contribution in [2.45, 2.75) is 45.6 Å². The molecule has 1 amide bonds. The van der Waals surface area contributed by atoms with Gasteiger partial charge in [0.05, 0.1) is 5.54 Å². The molecule has 1 heterocycles. The average Bonchev–Trinajstić information content (AvgIpc) is 2.78. The zero-order valence-electron chi connectivity index (χ0n) is 12.7. The van der Waals surface area contributed by atoms with E-state index in [1.54, 1.807) is 0 Å². The molecule has 5 nitrogen and oxygen atoms in total. The van der Waals surface area contributed by atoms with E-state index in [2.05, 4.69) is 16.0 Å². The molecule has 0 aliphatic heterocycles. The summed E-state index contributed by atoms with van der Waals surface area (Å²) in [4.78, 5) is 22.5. The van der Waals surface area contributed by atoms with Crippen LogP contribution in [-0.4, -0.2) is 28.6 Å². The number of hydrogen-bond acceptors (Lipinski definition) is 3. The number of esters is 1. The smallest absolute Gasteiger partial charge is 0.302 e. The predicted octanol–water partition coefficient (Wildman–Crippen LogP) is 1.81. The topological polar surface area (TPSA) is 60.3 Å². The molecule has 0 saturated carbocycles. The van der Waals surface area contributed by atoms with Crippen LogP contribution < -0.4 is 5.32 Å². The first-order valence-electron chi connectivity index (χ1n) is 6.91. The van der Waals surface area contributed by atoms with Gasteiger partial charge in [-0.15, -0.1) is 0 Å². The Labute approximate surface area is 120 Å². The fourth-order valence-corrected chi connectivity index (χ4v) is 2.27. The first kappa shape index (κ1) is 16.3. The van der Waals surface area contributed by atoms with Crippen LogP contribution in [0.1, 0.15) is 39.3 Å². The third-order valence-corrected chi connectivity index (χ3v) is 3.58. The molecule has 1 aromatic heterocycles. The van der Waals surface area contributed by atoms with Gasteiger partial charge in [0, 0.05) is 32.8 Å². The van der Waals surface area contributed by atoms with Crippen molar-refractivity contribution in [1.29, 1.82) is 0 Å². The lowest BCUT2D eigenvalue weighted by atomic mass is 9.90. The van der Waals surface area contributed by atoms with Gasteiger partial charge >= 0.3 is 5.97 Å². The zero-order chi connectivity index (χ0) is 15.2. The Bertz CT molecular complexity index is 467. The van der Waals surface area contributed by atoms with E-state index in [0.717, 1.165) is 12.8 Å². The summed E-state index contributed by atoms with van der Waals surface area (Å²) in [6, 6.07) is 4.05. The molecule has 0 unspecified atom stereocenters. The van der Waals surface area contributed by atoms with Crippen LogP contribution >= 0.6 is 0 Å². The standard InChI is InChI=1S/C15H24N2O3/c1-5-15(16-12(2)18,11-20-13(3)19)9-8-14-7-6-10-17(14)4/h6-7,10H,5,8-9,11H2,1-4H3,(H,16,18)/t15-/m1/s1. The van der Waals surface area contributed by atoms with E-state index in [4.69, 9.17) is 4.74 Å². The van der Waals surface area contributed by atoms with Crippen molar-refractivity contribution >= 4 is 11.9 Å². The van der Waals surface area contributed by atoms with Crippen molar-refractivity contribution in [2.24, 2.45) is 7.05 Å². The molecular weight excluding hydrogens is 256 g/mol. The minimum absolute atomic E-state index is 0.106. The van der Waals surface area contributed by atoms with E-state index >= 15 is 0 Å². The number of nitrogens with one attached hydrogen (secondary N) is 1. The average molecular weight is 280 g/mol. The Morgan fingerprint density at radius 1 is 1.40 bits per heavy atom. The Morgan fingerprint density at radius 3 is 2.55 bits per heavy atom. The second kappa shape index (κ2) is 7.12. The van der Waals surface area contributed by atoms with Gasteiger partial charge in [-0.1, -0.05) is 6.92 Å². The van der Waals surface area contributed by atoms with Crippen molar-refractivity contribution in [1.82, 2.24) is 9.88 Å². The second-order valence-electron chi connectivity index (χ2n) is 5.21. The van der Waals surface area contributed by atoms with Crippen molar-refractivity contribution in [3.05, 3.63) is 24.0 Å². The molecule has 0 aliphatic carbocycles. The molecule has 0 aliphatic rings. The van der Waals surface area contributed by atoms with Crippen LogP contribution in [-0.2, 0) is 27.8 Å². The van der Waals surface area contributed by atoms with E-state index in [1.165, 1.54) is 19.5 Å². The molecule has 20 heavy (non-hydrogen) atoms. The van der Waals surface area contributed by atoms with Crippen LogP contribution in [0.25, 0.3) is 0 Å². The number of nitrogens with zero attached hydrogens (tertiary/aromatic N) is 1. The van der Waals surface area contributed by atoms with E-state index in [1.807, 2.05) is 26.2 Å². The lowest BCUT2D eigenvalue weighted by molar-refractivity contribution is -0.144. The highest BCUT2D eigenvalue weighted by atomic mass is 16.5. The molecule has 1 aromatic rings. The Balaban J connectivity index is 2.76. The first-order valence-corrected chi connectivity index (χ1v) is 6.91. The van der Waals surface area contributed by atoms with E-state index in [9.17, 15) is 9.59 Å². The first-order chi connectivity index (χ1) is 9.38. The Kier molecular flexibility index (Phi) is 5.80. The van der Waals surface area contributed by atoms with Crippen molar-refractivity contribution < 1.29 is 14.3 Å². The van der Waals surface area contributed by atoms with Gasteiger partial charge in [-0.3, -0.25) is 9.59 Å². The molecule has 0 saturated heterocycles. The van der Waals surface area contributed by atoms with Gasteiger partial charge in [0.15, 0.2) is 0 Å². The quantitative estimate of drug-likeness (QED) is 0.775. The fourth-order valence-electron chi connectivity index (χ4n) is 2.27. The maximum absolute atomic E-state index is 11.4. The summed E-state index contributed by atoms with van der Waals surface area (Å²) in [5.41, 5.74) is 0.693. The number of carbonyl (C=O) groups excluding carboxylic acids is 2. The molecule has 1 atom stereocenters. The van der Waals surface area contributed by atoms with Crippen molar-refractivity contribution in [3.8, 4) is 0 Å². The highest BCUT2D eigenvalue weighted by Crippen LogP contribution is 2.20. The van der Waals surface area contributed by atoms with Crippen LogP contribution in [0.5, 0.6) is 0 Å². The maximum atomic E-state index is 11.4. The summed E-state index contributed by atoms with van der Waals surface area (Å²) < 4.78 is 7.19. The lowest BCUT2D eigenvalue weighted by Crippen LogP contribution is -2.51. The lowest BCUT2D eigenvalue weighted by Gasteiger charge is -2.33. The highest BCUT2D eigenvalue weighted by Gasteiger charge is 2.30. The minimum atomic E-state index is -0.498. The molecule has 1 N–H and O–H groups in total. The number of rotatable bonds is 7. The summed E-state index contributed by atoms with van der Waals surface area (Å²) in [6.07, 6.45) is 4.25. The predicted molar refractivity (Wildman–Crippen MR) is 77.2 cm³/mol. The highest BCUT2D eigenvalue weighted by molar-refractivity contribution is 5.74. The van der Waals surface area contributed by atoms with Crippen LogP contribution in [0.3, 0.4) is 0 Å². The number of hydrogen-bond donors (Lipinski definition) is 1. The molecule has 5 heteroatoms. The third-order valence-electron chi connectivity index (χ3n) is 3.58. The summed E-state index contributed by atoms with van der Waals surface area (Å²) in [5.74, 6) is -0.432. The molecule has 0 fully saturated rings. The monoisotopic (exact) mass is 280 g/mol. The molecule has 0 bridgehead atoms. The van der Waals surface area contributed by atoms with Crippen LogP contribution in [0, 0.1) is 0 Å². The van der Waals surface area contributed by atoms with Crippen LogP contribution in [0.2, 0.25) is 0 Å². The normalized spacial score (nSPS) is 13.6. The largest absolute Gasteiger partial charge is 0.463 e. The minimum Gasteiger partial charge on any atom is -0.463 e. The van der Waals surface area contributed by atoms with Gasteiger partial charge in [-0.25, -0.2) is 0 Å². The Morgan fingerprint density at radius 2 is 2.10 bits per heavy atom. The third kappa shape index (κ3) is 4.72. The number of carbonyl (C=O) groups is 2. The maximum Gasteiger partial charge on any atom is 0.302 e. The van der Waals surface area contributed by atoms with Gasteiger partial charge in [-0.2, -0.15) is 0 Å². The summed E-state index contributed by atoms with van der Waals surface area (Å²) in [5, 5.41) is 2.95. The summed E-state index contributed by atoms with van der Waals surface area (Å²) in [6.45, 7) is 5.07. The zero-order valence-corrected chi connectivity index (χ0v) is 12.7. The van der Waals surface area contributed by atoms with E-state index in [-0.39, 0.29) is 18.5 Å². The fraction of sp³-hybridized carbons (Fsp3) is 0.600. The molecule has 0 aromatic carbocycles. The second-order valence-corrected chi connectivity index (χ2v) is 5.21. The van der Waals surface area contributed by atoms with Gasteiger partial charge in [-0.05, 0) is 31.4 Å². The number of ether oxygens (including phenoxy) is 1. The van der Waals surface area contributed by atoms with E-state index < -0.39 is 5.54 Å². The van der Waals surface area contributed by atoms with Crippen molar-refractivity contribution in [3.63, 3.8) is 0 Å². The van der Waals surface area contributed by atoms with Gasteiger partial charge in [0.2, 0.25) is 5.91 Å². The molecular formula is C15H24N2O3. The molecule has 112 valence electrons. The summed E-state index contributed by atoms with van der Waals surface area (Å²) >= 11 is 0. The Hall–Kier alpha value is -1.78. The number of aryl methyl sites for hydroxylation is 2. The SMILES string of the molecule is CC[C@@](CCc1cccn1C)(COC(C)=O)NC(C)=O. The van der Waals surface area contributed by atoms with Gasteiger partial charge in [0.1, 0.15) is 6.61 Å². The molecule has 0 radical (unpaired) electrons. The van der Waals surface area contributed by atoms with Gasteiger partial charge < -0.3 is 14.6 Å². The summed E-state index contributed by atoms with van der Waals surface area (Å²) in [7, 11) is 1.99. The van der Waals surface area contributed by atoms with Crippen LogP contribution in [0.4, 0.5) is 0 Å². The number of amides is 1.